The van der Waals surface area contributed by atoms with Gasteiger partial charge in [-0.25, -0.2) is 24.5 Å². The summed E-state index contributed by atoms with van der Waals surface area (Å²) in [6, 6.07) is 0. The van der Waals surface area contributed by atoms with E-state index in [1.165, 1.54) is 17.2 Å². The van der Waals surface area contributed by atoms with Gasteiger partial charge < -0.3 is 49.6 Å². The largest absolute Gasteiger partial charge is 0.756 e. The van der Waals surface area contributed by atoms with Crippen LogP contribution in [0.4, 0.5) is 11.8 Å². The fourth-order valence-corrected chi connectivity index (χ4v) is 7.34. The minimum absolute atomic E-state index is 0.145. The van der Waals surface area contributed by atoms with Crippen molar-refractivity contribution in [1.29, 1.82) is 0 Å². The molecule has 3 aliphatic heterocycles. The molecule has 46 heavy (non-hydrogen) atoms. The number of H-pyrrole nitrogens is 1. The van der Waals surface area contributed by atoms with Crippen molar-refractivity contribution >= 4 is 49.7 Å². The lowest BCUT2D eigenvalue weighted by molar-refractivity contribution is -0.237. The van der Waals surface area contributed by atoms with Crippen LogP contribution < -0.4 is 21.5 Å². The van der Waals surface area contributed by atoms with Gasteiger partial charge in [-0.1, -0.05) is 0 Å². The summed E-state index contributed by atoms with van der Waals surface area (Å²) in [4.78, 5) is 58.6. The number of aromatic nitrogens is 8. The normalized spacial score (nSPS) is 37.1. The summed E-state index contributed by atoms with van der Waals surface area (Å²) in [5.41, 5.74) is 5.13. The molecule has 23 nitrogen and oxygen atoms in total. The molecular weight excluding hydrogens is 662 g/mol. The molecule has 248 valence electrons. The van der Waals surface area contributed by atoms with Crippen molar-refractivity contribution in [1.82, 2.24) is 39.0 Å². The van der Waals surface area contributed by atoms with Crippen molar-refractivity contribution in [2.45, 2.75) is 49.1 Å². The zero-order chi connectivity index (χ0) is 32.5. The molecule has 0 aromatic carbocycles. The second kappa shape index (κ2) is 11.4. The van der Waals surface area contributed by atoms with Crippen LogP contribution in [0.1, 0.15) is 12.5 Å². The van der Waals surface area contributed by atoms with Gasteiger partial charge in [-0.15, -0.1) is 0 Å². The Bertz CT molecular complexity index is 1950. The van der Waals surface area contributed by atoms with Gasteiger partial charge in [-0.2, -0.15) is 4.98 Å². The lowest BCUT2D eigenvalue weighted by Crippen LogP contribution is -2.37. The topological polar surface area (TPSA) is 318 Å². The summed E-state index contributed by atoms with van der Waals surface area (Å²) >= 11 is 0. The molecule has 4 aromatic heterocycles. The highest BCUT2D eigenvalue weighted by Crippen LogP contribution is 2.52. The number of anilines is 2. The van der Waals surface area contributed by atoms with E-state index < -0.39 is 83.5 Å². The molecule has 0 aliphatic carbocycles. The highest BCUT2D eigenvalue weighted by atomic mass is 31.2. The Morgan fingerprint density at radius 1 is 0.957 bits per heavy atom. The Balaban J connectivity index is 1.20. The number of rotatable bonds is 3. The summed E-state index contributed by atoms with van der Waals surface area (Å²) in [5, 5.41) is 25.0. The molecule has 2 unspecified atom stereocenters. The van der Waals surface area contributed by atoms with E-state index in [0.29, 0.717) is 11.3 Å². The van der Waals surface area contributed by atoms with Gasteiger partial charge in [0.2, 0.25) is 5.95 Å². The first-order valence-corrected chi connectivity index (χ1v) is 16.4. The Kier molecular flexibility index (Phi) is 7.70. The Morgan fingerprint density at radius 2 is 1.65 bits per heavy atom. The fourth-order valence-electron chi connectivity index (χ4n) is 5.45. The second-order valence-electron chi connectivity index (χ2n) is 10.3. The monoisotopic (exact) mass is 687 g/mol. The third kappa shape index (κ3) is 5.39. The minimum atomic E-state index is -5.36. The molecule has 10 atom stereocenters. The molecule has 7 rings (SSSR count). The third-order valence-corrected chi connectivity index (χ3v) is 9.47. The molecule has 0 radical (unpaired) electrons. The number of hydrogen-bond donors (Lipinski definition) is 6. The van der Waals surface area contributed by atoms with E-state index in [4.69, 9.17) is 33.3 Å². The minimum Gasteiger partial charge on any atom is -0.756 e. The van der Waals surface area contributed by atoms with Crippen LogP contribution in [0.3, 0.4) is 0 Å². The maximum atomic E-state index is 13.1. The number of hydrogen-bond acceptors (Lipinski definition) is 19. The predicted molar refractivity (Wildman–Crippen MR) is 146 cm³/mol. The average molecular weight is 687 g/mol. The predicted octanol–water partition coefficient (Wildman–Crippen LogP) is -2.51. The van der Waals surface area contributed by atoms with Crippen LogP contribution in [0, 0.1) is 0 Å². The van der Waals surface area contributed by atoms with Crippen LogP contribution in [-0.2, 0) is 36.7 Å². The van der Waals surface area contributed by atoms with E-state index in [0.717, 1.165) is 10.9 Å². The molecule has 3 saturated heterocycles. The van der Waals surface area contributed by atoms with Crippen LogP contribution in [0.15, 0.2) is 23.8 Å². The molecule has 25 heteroatoms. The van der Waals surface area contributed by atoms with E-state index >= 15 is 0 Å². The van der Waals surface area contributed by atoms with Crippen LogP contribution in [0.5, 0.6) is 0 Å². The van der Waals surface area contributed by atoms with Crippen molar-refractivity contribution in [2.24, 2.45) is 0 Å². The lowest BCUT2D eigenvalue weighted by atomic mass is 10.1. The van der Waals surface area contributed by atoms with E-state index in [-0.39, 0.29) is 22.8 Å². The van der Waals surface area contributed by atoms with Crippen molar-refractivity contribution in [3.8, 4) is 0 Å². The molecular formula is C21H25N10O13P2-. The van der Waals surface area contributed by atoms with Crippen LogP contribution >= 0.6 is 15.6 Å². The Morgan fingerprint density at radius 3 is 2.41 bits per heavy atom. The van der Waals surface area contributed by atoms with Crippen molar-refractivity contribution in [2.75, 3.05) is 31.3 Å². The molecule has 3 aliphatic rings. The SMILES string of the molecule is CNc1ncnc2c1ncn2[C@@H]1O[C@@H]2COP(=O)([O-])O[C@@H]3[C@H](O)[C@@H](COP(=O)(O)O[C@H]2[C@H]1O)O[C@H]3n1cnc2c(=O)[nH]c(N)nc21. The number of phosphoric ester groups is 2. The van der Waals surface area contributed by atoms with Gasteiger partial charge in [0.05, 0.1) is 25.9 Å². The third-order valence-electron chi connectivity index (χ3n) is 7.52. The summed E-state index contributed by atoms with van der Waals surface area (Å²) in [6.07, 6.45) is -9.27. The Hall–Kier alpha value is -3.44. The number of ether oxygens (including phenoxy) is 2. The number of aliphatic hydroxyl groups excluding tert-OH is 2. The van der Waals surface area contributed by atoms with E-state index in [2.05, 4.69) is 35.2 Å². The quantitative estimate of drug-likeness (QED) is 0.121. The van der Waals surface area contributed by atoms with E-state index in [1.54, 1.807) is 7.05 Å². The lowest BCUT2D eigenvalue weighted by Gasteiger charge is -2.31. The summed E-state index contributed by atoms with van der Waals surface area (Å²) in [6.45, 7) is -1.71. The molecule has 4 aromatic rings. The maximum absolute atomic E-state index is 13.1. The number of imidazole rings is 2. The van der Waals surface area contributed by atoms with Gasteiger partial charge in [-0.3, -0.25) is 32.5 Å². The van der Waals surface area contributed by atoms with E-state index in [9.17, 15) is 33.9 Å². The van der Waals surface area contributed by atoms with Crippen LogP contribution in [0.25, 0.3) is 22.3 Å². The zero-order valence-corrected chi connectivity index (χ0v) is 25.1. The summed E-state index contributed by atoms with van der Waals surface area (Å²) < 4.78 is 60.9. The number of aliphatic hydroxyl groups is 2. The number of nitrogen functional groups attached to an aromatic ring is 1. The number of nitrogens with two attached hydrogens (primary N) is 1. The molecule has 3 fully saturated rings. The van der Waals surface area contributed by atoms with Gasteiger partial charge in [0.1, 0.15) is 48.5 Å². The number of fused-ring (bicyclic) bond motifs is 5. The first-order valence-electron chi connectivity index (χ1n) is 13.4. The fraction of sp³-hybridized carbons (Fsp3) is 0.524. The smallest absolute Gasteiger partial charge is 0.472 e. The van der Waals surface area contributed by atoms with Gasteiger partial charge in [0.25, 0.3) is 13.4 Å². The highest BCUT2D eigenvalue weighted by Gasteiger charge is 2.53. The second-order valence-corrected chi connectivity index (χ2v) is 13.1. The zero-order valence-electron chi connectivity index (χ0n) is 23.3. The molecule has 2 bridgehead atoms. The van der Waals surface area contributed by atoms with Crippen molar-refractivity contribution in [3.05, 3.63) is 29.3 Å². The van der Waals surface area contributed by atoms with Gasteiger partial charge >= 0.3 is 7.82 Å². The van der Waals surface area contributed by atoms with Crippen LogP contribution in [0.2, 0.25) is 0 Å². The Labute approximate surface area is 255 Å². The number of aromatic amines is 1. The van der Waals surface area contributed by atoms with Gasteiger partial charge in [0.15, 0.2) is 35.1 Å². The average Bonchev–Trinajstić information content (AvgIpc) is 3.76. The van der Waals surface area contributed by atoms with E-state index in [1.807, 2.05) is 0 Å². The molecule has 0 amide bonds. The summed E-state index contributed by atoms with van der Waals surface area (Å²) in [7, 11) is -8.82. The van der Waals surface area contributed by atoms with Crippen LogP contribution in [-0.4, -0.2) is 111 Å². The number of nitrogens with zero attached hydrogens (tertiary/aromatic N) is 7. The number of phosphoric acid groups is 2. The summed E-state index contributed by atoms with van der Waals surface area (Å²) in [5.74, 6) is 0.0712. The number of nitrogens with one attached hydrogen (secondary N) is 2. The first kappa shape index (κ1) is 31.2. The van der Waals surface area contributed by atoms with Crippen molar-refractivity contribution < 1.29 is 56.7 Å². The highest BCUT2D eigenvalue weighted by molar-refractivity contribution is 7.47. The molecule has 0 saturated carbocycles. The molecule has 0 spiro atoms. The van der Waals surface area contributed by atoms with Gasteiger partial charge in [-0.05, 0) is 0 Å². The van der Waals surface area contributed by atoms with Gasteiger partial charge in [0, 0.05) is 7.05 Å². The molecule has 7 N–H and O–H groups in total. The first-order chi connectivity index (χ1) is 21.9. The molecule has 7 heterocycles. The van der Waals surface area contributed by atoms with Crippen molar-refractivity contribution in [3.63, 3.8) is 0 Å². The maximum Gasteiger partial charge on any atom is 0.472 e. The standard InChI is InChI=1S/C21H26N10O13P2/c1-23-15-9-16(25-4-24-15)30(5-26-9)19-12(33)13-8(42-19)3-40-46(37,38)44-14-11(32)7(2-39-45(35,36)43-13)41-20(14)31-6-27-10-17(31)28-21(22)29-18(10)34/h4-8,11-14,19-20,32-33H,2-3H2,1H3,(H,35,36)(H,37,38)(H,23,24,25)(H3,22,28,29,34)/p-1/t7-,8-,11-,12-,13-,14-,19-,20-/m1/s1.